The van der Waals surface area contributed by atoms with Crippen molar-refractivity contribution in [3.8, 4) is 0 Å². The number of hydrogen-bond acceptors (Lipinski definition) is 3. The van der Waals surface area contributed by atoms with Crippen molar-refractivity contribution in [2.45, 2.75) is 58.5 Å². The van der Waals surface area contributed by atoms with Gasteiger partial charge < -0.3 is 16.0 Å². The summed E-state index contributed by atoms with van der Waals surface area (Å²) in [5.74, 6) is -0.00866. The third-order valence-electron chi connectivity index (χ3n) is 3.07. The van der Waals surface area contributed by atoms with E-state index in [1.807, 2.05) is 0 Å². The Hall–Kier alpha value is -0.610. The van der Waals surface area contributed by atoms with Crippen LogP contribution in [0.15, 0.2) is 0 Å². The highest BCUT2D eigenvalue weighted by Gasteiger charge is 2.11. The number of amides is 1. The van der Waals surface area contributed by atoms with E-state index >= 15 is 0 Å². The van der Waals surface area contributed by atoms with Crippen molar-refractivity contribution < 1.29 is 4.79 Å². The Morgan fingerprint density at radius 3 is 2.53 bits per heavy atom. The second-order valence-corrected chi connectivity index (χ2v) is 4.97. The average molecular weight is 243 g/mol. The van der Waals surface area contributed by atoms with E-state index in [-0.39, 0.29) is 11.9 Å². The van der Waals surface area contributed by atoms with Crippen LogP contribution in [0.3, 0.4) is 0 Å². The smallest absolute Gasteiger partial charge is 0.236 e. The molecule has 0 aromatic heterocycles. The van der Waals surface area contributed by atoms with E-state index in [2.05, 4.69) is 38.0 Å². The summed E-state index contributed by atoms with van der Waals surface area (Å²) in [5.41, 5.74) is 5.77. The molecule has 4 nitrogen and oxygen atoms in total. The molecular weight excluding hydrogens is 214 g/mol. The van der Waals surface area contributed by atoms with E-state index < -0.39 is 0 Å². The summed E-state index contributed by atoms with van der Waals surface area (Å²) < 4.78 is 0. The first kappa shape index (κ1) is 16.4. The molecule has 0 heterocycles. The Labute approximate surface area is 106 Å². The summed E-state index contributed by atoms with van der Waals surface area (Å²) >= 11 is 0. The van der Waals surface area contributed by atoms with Crippen molar-refractivity contribution in [1.82, 2.24) is 10.2 Å². The van der Waals surface area contributed by atoms with Crippen LogP contribution in [0.25, 0.3) is 0 Å². The van der Waals surface area contributed by atoms with Crippen LogP contribution < -0.4 is 11.1 Å². The van der Waals surface area contributed by atoms with Crippen LogP contribution in [0.5, 0.6) is 0 Å². The number of carbonyl (C=O) groups excluding carboxylic acids is 1. The van der Waals surface area contributed by atoms with E-state index in [4.69, 9.17) is 5.73 Å². The molecule has 0 saturated carbocycles. The minimum Gasteiger partial charge on any atom is -0.355 e. The molecule has 1 atom stereocenters. The quantitative estimate of drug-likeness (QED) is 0.601. The average Bonchev–Trinajstić information content (AvgIpc) is 2.30. The molecule has 17 heavy (non-hydrogen) atoms. The maximum absolute atomic E-state index is 11.6. The van der Waals surface area contributed by atoms with Crippen LogP contribution in [0.4, 0.5) is 0 Å². The fourth-order valence-electron chi connectivity index (χ4n) is 1.48. The van der Waals surface area contributed by atoms with Gasteiger partial charge in [0.05, 0.1) is 6.04 Å². The monoisotopic (exact) mass is 243 g/mol. The number of nitrogens with zero attached hydrogens (tertiary/aromatic N) is 1. The van der Waals surface area contributed by atoms with Crippen LogP contribution in [0.1, 0.15) is 46.5 Å². The fourth-order valence-corrected chi connectivity index (χ4v) is 1.48. The van der Waals surface area contributed by atoms with Crippen molar-refractivity contribution in [3.05, 3.63) is 0 Å². The van der Waals surface area contributed by atoms with Gasteiger partial charge in [0, 0.05) is 12.6 Å². The lowest BCUT2D eigenvalue weighted by Crippen LogP contribution is -2.41. The van der Waals surface area contributed by atoms with Crippen molar-refractivity contribution in [2.75, 3.05) is 20.1 Å². The molecule has 102 valence electrons. The number of nitrogens with one attached hydrogen (secondary N) is 1. The normalized spacial score (nSPS) is 13.1. The molecule has 0 aromatic carbocycles. The highest BCUT2D eigenvalue weighted by atomic mass is 16.2. The van der Waals surface area contributed by atoms with Crippen molar-refractivity contribution in [2.24, 2.45) is 5.73 Å². The van der Waals surface area contributed by atoms with Crippen molar-refractivity contribution in [1.29, 1.82) is 0 Å². The minimum atomic E-state index is -0.335. The zero-order valence-corrected chi connectivity index (χ0v) is 11.8. The number of rotatable bonds is 9. The molecule has 0 saturated heterocycles. The van der Waals surface area contributed by atoms with E-state index in [1.165, 1.54) is 0 Å². The van der Waals surface area contributed by atoms with Gasteiger partial charge in [-0.3, -0.25) is 4.79 Å². The SMILES string of the molecule is CCCC[C@H](N)C(=O)NCCCN(C)C(C)C. The third-order valence-corrected chi connectivity index (χ3v) is 3.07. The van der Waals surface area contributed by atoms with E-state index in [1.54, 1.807) is 0 Å². The summed E-state index contributed by atoms with van der Waals surface area (Å²) in [6.07, 6.45) is 3.86. The highest BCUT2D eigenvalue weighted by molar-refractivity contribution is 5.81. The molecule has 1 amide bonds. The van der Waals surface area contributed by atoms with Gasteiger partial charge in [0.15, 0.2) is 0 Å². The van der Waals surface area contributed by atoms with Gasteiger partial charge in [-0.2, -0.15) is 0 Å². The first-order valence-corrected chi connectivity index (χ1v) is 6.72. The Bertz CT molecular complexity index is 207. The van der Waals surface area contributed by atoms with Gasteiger partial charge in [0.1, 0.15) is 0 Å². The Balaban J connectivity index is 3.57. The summed E-state index contributed by atoms with van der Waals surface area (Å²) in [7, 11) is 2.10. The standard InChI is InChI=1S/C13H29N3O/c1-5-6-8-12(14)13(17)15-9-7-10-16(4)11(2)3/h11-12H,5-10,14H2,1-4H3,(H,15,17)/t12-/m0/s1. The maximum Gasteiger partial charge on any atom is 0.236 e. The number of unbranched alkanes of at least 4 members (excludes halogenated alkanes) is 1. The van der Waals surface area contributed by atoms with Crippen LogP contribution in [-0.4, -0.2) is 43.0 Å². The van der Waals surface area contributed by atoms with Gasteiger partial charge in [-0.15, -0.1) is 0 Å². The highest BCUT2D eigenvalue weighted by Crippen LogP contribution is 1.98. The molecule has 3 N–H and O–H groups in total. The lowest BCUT2D eigenvalue weighted by molar-refractivity contribution is -0.122. The summed E-state index contributed by atoms with van der Waals surface area (Å²) in [6, 6.07) is 0.218. The number of carbonyl (C=O) groups is 1. The lowest BCUT2D eigenvalue weighted by atomic mass is 10.1. The van der Waals surface area contributed by atoms with Gasteiger partial charge in [0.25, 0.3) is 0 Å². The molecule has 0 fully saturated rings. The molecule has 0 aliphatic heterocycles. The van der Waals surface area contributed by atoms with E-state index in [0.717, 1.165) is 38.8 Å². The molecule has 0 spiro atoms. The van der Waals surface area contributed by atoms with Crippen LogP contribution in [0.2, 0.25) is 0 Å². The summed E-state index contributed by atoms with van der Waals surface area (Å²) in [6.45, 7) is 8.16. The molecular formula is C13H29N3O. The van der Waals surface area contributed by atoms with Crippen LogP contribution >= 0.6 is 0 Å². The molecule has 0 aliphatic carbocycles. The second kappa shape index (κ2) is 9.42. The first-order valence-electron chi connectivity index (χ1n) is 6.72. The summed E-state index contributed by atoms with van der Waals surface area (Å²) in [5, 5.41) is 2.90. The van der Waals surface area contributed by atoms with Crippen LogP contribution in [0, 0.1) is 0 Å². The molecule has 0 rings (SSSR count). The lowest BCUT2D eigenvalue weighted by Gasteiger charge is -2.21. The fraction of sp³-hybridized carbons (Fsp3) is 0.923. The molecule has 0 radical (unpaired) electrons. The van der Waals surface area contributed by atoms with Gasteiger partial charge in [-0.05, 0) is 40.3 Å². The molecule has 0 unspecified atom stereocenters. The van der Waals surface area contributed by atoms with E-state index in [0.29, 0.717) is 6.04 Å². The zero-order chi connectivity index (χ0) is 13.3. The molecule has 0 aromatic rings. The third kappa shape index (κ3) is 8.16. The summed E-state index contributed by atoms with van der Waals surface area (Å²) in [4.78, 5) is 13.8. The van der Waals surface area contributed by atoms with Crippen molar-refractivity contribution in [3.63, 3.8) is 0 Å². The van der Waals surface area contributed by atoms with E-state index in [9.17, 15) is 4.79 Å². The Kier molecular flexibility index (Phi) is 9.09. The van der Waals surface area contributed by atoms with Gasteiger partial charge in [-0.1, -0.05) is 19.8 Å². The Morgan fingerprint density at radius 2 is 2.00 bits per heavy atom. The second-order valence-electron chi connectivity index (χ2n) is 4.97. The molecule has 0 aliphatic rings. The zero-order valence-electron chi connectivity index (χ0n) is 11.8. The predicted octanol–water partition coefficient (Wildman–Crippen LogP) is 1.35. The first-order chi connectivity index (χ1) is 7.99. The van der Waals surface area contributed by atoms with Crippen LogP contribution in [-0.2, 0) is 4.79 Å². The maximum atomic E-state index is 11.6. The molecule has 0 bridgehead atoms. The van der Waals surface area contributed by atoms with Gasteiger partial charge in [-0.25, -0.2) is 0 Å². The predicted molar refractivity (Wildman–Crippen MR) is 72.9 cm³/mol. The topological polar surface area (TPSA) is 58.4 Å². The minimum absolute atomic E-state index is 0.00866. The van der Waals surface area contributed by atoms with Gasteiger partial charge in [0.2, 0.25) is 5.91 Å². The molecule has 4 heteroatoms. The largest absolute Gasteiger partial charge is 0.355 e. The number of nitrogens with two attached hydrogens (primary N) is 1. The Morgan fingerprint density at radius 1 is 1.35 bits per heavy atom. The number of hydrogen-bond donors (Lipinski definition) is 2. The van der Waals surface area contributed by atoms with Crippen molar-refractivity contribution >= 4 is 5.91 Å². The van der Waals surface area contributed by atoms with Gasteiger partial charge >= 0.3 is 0 Å².